The fourth-order valence-electron chi connectivity index (χ4n) is 2.20. The van der Waals surface area contributed by atoms with Crippen LogP contribution >= 0.6 is 11.8 Å². The third kappa shape index (κ3) is 3.25. The van der Waals surface area contributed by atoms with Crippen LogP contribution in [0.25, 0.3) is 11.4 Å². The van der Waals surface area contributed by atoms with Gasteiger partial charge in [-0.15, -0.1) is 10.2 Å². The Labute approximate surface area is 127 Å². The maximum absolute atomic E-state index is 5.79. The molecule has 0 spiro atoms. The van der Waals surface area contributed by atoms with Crippen molar-refractivity contribution >= 4 is 11.8 Å². The van der Waals surface area contributed by atoms with Crippen LogP contribution in [-0.2, 0) is 16.5 Å². The molecule has 0 aromatic carbocycles. The van der Waals surface area contributed by atoms with E-state index in [4.69, 9.17) is 9.47 Å². The molecule has 1 atom stereocenters. The largest absolute Gasteiger partial charge is 0.348 e. The second-order valence-corrected chi connectivity index (χ2v) is 6.36. The van der Waals surface area contributed by atoms with Crippen molar-refractivity contribution < 1.29 is 9.47 Å². The van der Waals surface area contributed by atoms with Gasteiger partial charge in [0.05, 0.1) is 12.7 Å². The molecule has 1 aliphatic heterocycles. The van der Waals surface area contributed by atoms with Gasteiger partial charge in [-0.1, -0.05) is 11.8 Å². The summed E-state index contributed by atoms with van der Waals surface area (Å²) >= 11 is 1.62. The Hall–Kier alpha value is -1.44. The monoisotopic (exact) mass is 306 g/mol. The van der Waals surface area contributed by atoms with E-state index in [-0.39, 0.29) is 6.10 Å². The van der Waals surface area contributed by atoms with Crippen molar-refractivity contribution in [2.45, 2.75) is 30.9 Å². The molecular formula is C14H18N4O2S. The van der Waals surface area contributed by atoms with Gasteiger partial charge < -0.3 is 14.0 Å². The van der Waals surface area contributed by atoms with Gasteiger partial charge in [0.1, 0.15) is 0 Å². The summed E-state index contributed by atoms with van der Waals surface area (Å²) in [4.78, 5) is 4.11. The molecule has 0 amide bonds. The highest BCUT2D eigenvalue weighted by Crippen LogP contribution is 2.28. The summed E-state index contributed by atoms with van der Waals surface area (Å²) in [6.45, 7) is 4.48. The van der Waals surface area contributed by atoms with Crippen molar-refractivity contribution in [1.29, 1.82) is 0 Å². The van der Waals surface area contributed by atoms with Gasteiger partial charge in [0.2, 0.25) is 0 Å². The average molecular weight is 306 g/mol. The SMILES string of the molecule is Cn1c(SC[C@H]2COC(C)(C)O2)nnc1-c1cccnc1. The van der Waals surface area contributed by atoms with Crippen LogP contribution in [0, 0.1) is 0 Å². The number of hydrogen-bond acceptors (Lipinski definition) is 6. The van der Waals surface area contributed by atoms with E-state index in [0.717, 1.165) is 22.3 Å². The van der Waals surface area contributed by atoms with E-state index in [1.54, 1.807) is 24.2 Å². The molecule has 0 unspecified atom stereocenters. The highest BCUT2D eigenvalue weighted by Gasteiger charge is 2.32. The summed E-state index contributed by atoms with van der Waals surface area (Å²) in [7, 11) is 1.96. The van der Waals surface area contributed by atoms with Crippen molar-refractivity contribution in [2.75, 3.05) is 12.4 Å². The Balaban J connectivity index is 1.66. The van der Waals surface area contributed by atoms with E-state index in [1.165, 1.54) is 0 Å². The highest BCUT2D eigenvalue weighted by atomic mass is 32.2. The maximum Gasteiger partial charge on any atom is 0.191 e. The fourth-order valence-corrected chi connectivity index (χ4v) is 3.08. The minimum atomic E-state index is -0.480. The molecule has 3 rings (SSSR count). The first-order valence-electron chi connectivity index (χ1n) is 6.79. The van der Waals surface area contributed by atoms with Gasteiger partial charge in [-0.25, -0.2) is 0 Å². The molecule has 0 aliphatic carbocycles. The second kappa shape index (κ2) is 5.75. The summed E-state index contributed by atoms with van der Waals surface area (Å²) in [6.07, 6.45) is 3.62. The lowest BCUT2D eigenvalue weighted by atomic mass is 10.3. The minimum absolute atomic E-state index is 0.0866. The Morgan fingerprint density at radius 2 is 2.29 bits per heavy atom. The average Bonchev–Trinajstić information content (AvgIpc) is 3.00. The highest BCUT2D eigenvalue weighted by molar-refractivity contribution is 7.99. The second-order valence-electron chi connectivity index (χ2n) is 5.37. The van der Waals surface area contributed by atoms with Crippen LogP contribution in [0.4, 0.5) is 0 Å². The van der Waals surface area contributed by atoms with Gasteiger partial charge in [0.15, 0.2) is 16.8 Å². The molecule has 1 fully saturated rings. The molecule has 1 saturated heterocycles. The predicted octanol–water partition coefficient (Wildman–Crippen LogP) is 2.12. The summed E-state index contributed by atoms with van der Waals surface area (Å²) in [5.41, 5.74) is 0.959. The fraction of sp³-hybridized carbons (Fsp3) is 0.500. The van der Waals surface area contributed by atoms with Crippen LogP contribution in [0.5, 0.6) is 0 Å². The molecule has 1 aliphatic rings. The molecule has 2 aromatic heterocycles. The first-order valence-corrected chi connectivity index (χ1v) is 7.78. The van der Waals surface area contributed by atoms with E-state index in [1.807, 2.05) is 37.6 Å². The predicted molar refractivity (Wildman–Crippen MR) is 79.9 cm³/mol. The van der Waals surface area contributed by atoms with E-state index >= 15 is 0 Å². The molecule has 2 aromatic rings. The number of rotatable bonds is 4. The Morgan fingerprint density at radius 3 is 2.95 bits per heavy atom. The van der Waals surface area contributed by atoms with Gasteiger partial charge in [-0.05, 0) is 26.0 Å². The molecule has 7 heteroatoms. The van der Waals surface area contributed by atoms with Crippen LogP contribution in [0.1, 0.15) is 13.8 Å². The Kier molecular flexibility index (Phi) is 3.97. The summed E-state index contributed by atoms with van der Waals surface area (Å²) in [5, 5.41) is 9.34. The third-order valence-corrected chi connectivity index (χ3v) is 4.37. The first-order chi connectivity index (χ1) is 10.1. The normalized spacial score (nSPS) is 20.8. The van der Waals surface area contributed by atoms with Crippen molar-refractivity contribution in [2.24, 2.45) is 7.05 Å². The summed E-state index contributed by atoms with van der Waals surface area (Å²) < 4.78 is 13.3. The van der Waals surface area contributed by atoms with Crippen LogP contribution in [0.3, 0.4) is 0 Å². The van der Waals surface area contributed by atoms with E-state index in [9.17, 15) is 0 Å². The van der Waals surface area contributed by atoms with Crippen LogP contribution in [0.15, 0.2) is 29.7 Å². The zero-order valence-electron chi connectivity index (χ0n) is 12.3. The maximum atomic E-state index is 5.79. The van der Waals surface area contributed by atoms with Crippen LogP contribution in [-0.4, -0.2) is 44.0 Å². The number of ether oxygens (including phenoxy) is 2. The lowest BCUT2D eigenvalue weighted by Crippen LogP contribution is -2.22. The molecule has 6 nitrogen and oxygen atoms in total. The molecule has 0 saturated carbocycles. The smallest absolute Gasteiger partial charge is 0.191 e. The number of hydrogen-bond donors (Lipinski definition) is 0. The zero-order valence-corrected chi connectivity index (χ0v) is 13.1. The quantitative estimate of drug-likeness (QED) is 0.806. The minimum Gasteiger partial charge on any atom is -0.348 e. The molecular weight excluding hydrogens is 288 g/mol. The molecule has 112 valence electrons. The molecule has 21 heavy (non-hydrogen) atoms. The van der Waals surface area contributed by atoms with Crippen molar-refractivity contribution in [1.82, 2.24) is 19.7 Å². The van der Waals surface area contributed by atoms with Gasteiger partial charge in [0.25, 0.3) is 0 Å². The lowest BCUT2D eigenvalue weighted by molar-refractivity contribution is -0.135. The van der Waals surface area contributed by atoms with E-state index in [0.29, 0.717) is 6.61 Å². The molecule has 3 heterocycles. The number of nitrogens with zero attached hydrogens (tertiary/aromatic N) is 4. The van der Waals surface area contributed by atoms with Crippen LogP contribution < -0.4 is 0 Å². The number of pyridine rings is 1. The van der Waals surface area contributed by atoms with Crippen molar-refractivity contribution in [3.8, 4) is 11.4 Å². The summed E-state index contributed by atoms with van der Waals surface area (Å²) in [6, 6.07) is 3.87. The van der Waals surface area contributed by atoms with Gasteiger partial charge in [0, 0.05) is 30.8 Å². The topological polar surface area (TPSA) is 62.1 Å². The van der Waals surface area contributed by atoms with Gasteiger partial charge in [-0.2, -0.15) is 0 Å². The number of aromatic nitrogens is 4. The Morgan fingerprint density at radius 1 is 1.43 bits per heavy atom. The van der Waals surface area contributed by atoms with Gasteiger partial charge in [-0.3, -0.25) is 4.98 Å². The zero-order chi connectivity index (χ0) is 14.9. The molecule has 0 N–H and O–H groups in total. The Bertz CT molecular complexity index is 615. The van der Waals surface area contributed by atoms with Crippen LogP contribution in [0.2, 0.25) is 0 Å². The molecule has 0 bridgehead atoms. The molecule has 0 radical (unpaired) electrons. The number of thioether (sulfide) groups is 1. The van der Waals surface area contributed by atoms with Crippen molar-refractivity contribution in [3.05, 3.63) is 24.5 Å². The third-order valence-electron chi connectivity index (χ3n) is 3.22. The van der Waals surface area contributed by atoms with Crippen molar-refractivity contribution in [3.63, 3.8) is 0 Å². The lowest BCUT2D eigenvalue weighted by Gasteiger charge is -2.16. The van der Waals surface area contributed by atoms with E-state index < -0.39 is 5.79 Å². The first kappa shape index (κ1) is 14.5. The summed E-state index contributed by atoms with van der Waals surface area (Å²) in [5.74, 6) is 1.13. The van der Waals surface area contributed by atoms with E-state index in [2.05, 4.69) is 15.2 Å². The van der Waals surface area contributed by atoms with Gasteiger partial charge >= 0.3 is 0 Å². The standard InChI is InChI=1S/C14H18N4O2S/c1-14(2)19-8-11(20-14)9-21-13-17-16-12(18(13)3)10-5-4-6-15-7-10/h4-7,11H,8-9H2,1-3H3/t11-/m1/s1.